The molecule has 1 aliphatic rings. The summed E-state index contributed by atoms with van der Waals surface area (Å²) in [5.41, 5.74) is 2.40. The van der Waals surface area contributed by atoms with Gasteiger partial charge in [-0.1, -0.05) is 54.1 Å². The molecule has 1 aliphatic heterocycles. The van der Waals surface area contributed by atoms with Crippen LogP contribution in [0.25, 0.3) is 0 Å². The third-order valence-corrected chi connectivity index (χ3v) is 5.60. The quantitative estimate of drug-likeness (QED) is 0.644. The standard InChI is InChI=1S/C20H23ClN6/c1-25-11-13-26(14-12-25)19(17-7-9-18(21)10-8-17)20-22-23-24-27(20)15-16-5-3-2-4-6-16/h2-10,19H,11-15H2,1H3/p+2/t19-/m1/s1. The van der Waals surface area contributed by atoms with E-state index in [-0.39, 0.29) is 6.04 Å². The number of benzene rings is 2. The zero-order valence-corrected chi connectivity index (χ0v) is 16.2. The average molecular weight is 385 g/mol. The van der Waals surface area contributed by atoms with Crippen molar-refractivity contribution in [2.75, 3.05) is 33.2 Å². The first-order chi connectivity index (χ1) is 13.2. The molecule has 2 aromatic carbocycles. The van der Waals surface area contributed by atoms with Crippen LogP contribution >= 0.6 is 11.6 Å². The maximum atomic E-state index is 6.13. The van der Waals surface area contributed by atoms with Crippen LogP contribution in [0, 0.1) is 0 Å². The monoisotopic (exact) mass is 384 g/mol. The van der Waals surface area contributed by atoms with Crippen molar-refractivity contribution < 1.29 is 9.80 Å². The number of piperazine rings is 1. The van der Waals surface area contributed by atoms with Crippen LogP contribution in [0.2, 0.25) is 5.02 Å². The minimum atomic E-state index is 0.106. The Morgan fingerprint density at radius 1 is 1.00 bits per heavy atom. The smallest absolute Gasteiger partial charge is 0.214 e. The number of likely N-dealkylation sites (N-methyl/N-ethyl adjacent to an activating group) is 1. The molecule has 3 aromatic rings. The molecular formula is C20H25ClN6+2. The van der Waals surface area contributed by atoms with E-state index in [0.29, 0.717) is 6.54 Å². The molecular weight excluding hydrogens is 360 g/mol. The maximum Gasteiger partial charge on any atom is 0.214 e. The molecule has 0 bridgehead atoms. The number of nitrogens with zero attached hydrogens (tertiary/aromatic N) is 4. The van der Waals surface area contributed by atoms with Crippen LogP contribution in [-0.2, 0) is 6.54 Å². The van der Waals surface area contributed by atoms with Gasteiger partial charge < -0.3 is 9.80 Å². The number of aromatic nitrogens is 4. The molecule has 4 rings (SSSR count). The van der Waals surface area contributed by atoms with Crippen LogP contribution < -0.4 is 9.80 Å². The zero-order valence-electron chi connectivity index (χ0n) is 15.5. The van der Waals surface area contributed by atoms with Gasteiger partial charge in [-0.2, -0.15) is 0 Å². The molecule has 0 spiro atoms. The van der Waals surface area contributed by atoms with Crippen molar-refractivity contribution in [3.05, 3.63) is 76.6 Å². The van der Waals surface area contributed by atoms with Gasteiger partial charge in [0.1, 0.15) is 26.2 Å². The number of hydrogen-bond acceptors (Lipinski definition) is 3. The van der Waals surface area contributed by atoms with E-state index in [0.717, 1.165) is 37.0 Å². The Labute approximate surface area is 164 Å². The van der Waals surface area contributed by atoms with Gasteiger partial charge in [-0.05, 0) is 28.1 Å². The van der Waals surface area contributed by atoms with Gasteiger partial charge in [0, 0.05) is 10.6 Å². The van der Waals surface area contributed by atoms with Crippen LogP contribution in [0.3, 0.4) is 0 Å². The minimum Gasteiger partial charge on any atom is -0.328 e. The highest BCUT2D eigenvalue weighted by Crippen LogP contribution is 2.20. The fourth-order valence-corrected chi connectivity index (χ4v) is 3.92. The minimum absolute atomic E-state index is 0.106. The molecule has 27 heavy (non-hydrogen) atoms. The fourth-order valence-electron chi connectivity index (χ4n) is 3.80. The lowest BCUT2D eigenvalue weighted by Gasteiger charge is -2.32. The first-order valence-electron chi connectivity index (χ1n) is 9.42. The molecule has 1 aromatic heterocycles. The van der Waals surface area contributed by atoms with Gasteiger partial charge in [-0.3, -0.25) is 0 Å². The van der Waals surface area contributed by atoms with Gasteiger partial charge in [0.25, 0.3) is 0 Å². The summed E-state index contributed by atoms with van der Waals surface area (Å²) in [6.07, 6.45) is 0. The second kappa shape index (κ2) is 8.17. The lowest BCUT2D eigenvalue weighted by Crippen LogP contribution is -3.27. The topological polar surface area (TPSA) is 52.5 Å². The van der Waals surface area contributed by atoms with E-state index in [9.17, 15) is 0 Å². The van der Waals surface area contributed by atoms with Gasteiger partial charge in [0.2, 0.25) is 5.82 Å². The van der Waals surface area contributed by atoms with E-state index in [1.807, 2.05) is 35.0 Å². The SMILES string of the molecule is C[NH+]1CC[NH+]([C@H](c2ccc(Cl)cc2)c2nnnn2Cc2ccccc2)CC1. The summed E-state index contributed by atoms with van der Waals surface area (Å²) >= 11 is 6.13. The number of quaternary nitrogens is 2. The summed E-state index contributed by atoms with van der Waals surface area (Å²) in [5.74, 6) is 0.913. The molecule has 0 amide bonds. The maximum absolute atomic E-state index is 6.13. The molecule has 6 nitrogen and oxygen atoms in total. The zero-order chi connectivity index (χ0) is 18.6. The summed E-state index contributed by atoms with van der Waals surface area (Å²) in [5, 5.41) is 13.5. The van der Waals surface area contributed by atoms with E-state index in [4.69, 9.17) is 11.6 Å². The first-order valence-corrected chi connectivity index (χ1v) is 9.80. The van der Waals surface area contributed by atoms with Crippen LogP contribution in [0.15, 0.2) is 54.6 Å². The van der Waals surface area contributed by atoms with Crippen LogP contribution in [0.4, 0.5) is 0 Å². The van der Waals surface area contributed by atoms with E-state index < -0.39 is 0 Å². The predicted molar refractivity (Wildman–Crippen MR) is 104 cm³/mol. The molecule has 0 unspecified atom stereocenters. The second-order valence-corrected chi connectivity index (χ2v) is 7.72. The number of hydrogen-bond donors (Lipinski definition) is 2. The van der Waals surface area contributed by atoms with Crippen molar-refractivity contribution in [1.82, 2.24) is 20.2 Å². The normalized spacial score (nSPS) is 21.1. The number of halogens is 1. The summed E-state index contributed by atoms with van der Waals surface area (Å²) in [6.45, 7) is 5.17. The Morgan fingerprint density at radius 3 is 2.41 bits per heavy atom. The highest BCUT2D eigenvalue weighted by atomic mass is 35.5. The van der Waals surface area contributed by atoms with Gasteiger partial charge in [0.05, 0.1) is 13.6 Å². The van der Waals surface area contributed by atoms with E-state index >= 15 is 0 Å². The van der Waals surface area contributed by atoms with Crippen molar-refractivity contribution in [2.45, 2.75) is 12.6 Å². The van der Waals surface area contributed by atoms with Crippen LogP contribution in [0.5, 0.6) is 0 Å². The Hall–Kier alpha value is -2.28. The summed E-state index contributed by atoms with van der Waals surface area (Å²) in [4.78, 5) is 3.09. The lowest BCUT2D eigenvalue weighted by atomic mass is 10.0. The summed E-state index contributed by atoms with van der Waals surface area (Å²) < 4.78 is 1.94. The van der Waals surface area contributed by atoms with E-state index in [2.05, 4.69) is 46.8 Å². The summed E-state index contributed by atoms with van der Waals surface area (Å²) in [7, 11) is 2.26. The second-order valence-electron chi connectivity index (χ2n) is 7.28. The highest BCUT2D eigenvalue weighted by molar-refractivity contribution is 6.30. The Balaban J connectivity index is 1.69. The lowest BCUT2D eigenvalue weighted by molar-refractivity contribution is -1.02. The third kappa shape index (κ3) is 4.18. The Bertz CT molecular complexity index is 856. The number of nitrogens with one attached hydrogen (secondary N) is 2. The Kier molecular flexibility index (Phi) is 5.48. The molecule has 2 N–H and O–H groups in total. The molecule has 0 aliphatic carbocycles. The fraction of sp³-hybridized carbons (Fsp3) is 0.350. The third-order valence-electron chi connectivity index (χ3n) is 5.35. The largest absolute Gasteiger partial charge is 0.328 e. The van der Waals surface area contributed by atoms with Gasteiger partial charge in [-0.25, -0.2) is 4.68 Å². The van der Waals surface area contributed by atoms with Crippen LogP contribution in [-0.4, -0.2) is 53.4 Å². The summed E-state index contributed by atoms with van der Waals surface area (Å²) in [6, 6.07) is 18.6. The van der Waals surface area contributed by atoms with Crippen LogP contribution in [0.1, 0.15) is 23.0 Å². The molecule has 140 valence electrons. The average Bonchev–Trinajstić information content (AvgIpc) is 3.13. The van der Waals surface area contributed by atoms with Crippen molar-refractivity contribution >= 4 is 11.6 Å². The van der Waals surface area contributed by atoms with Crippen molar-refractivity contribution in [2.24, 2.45) is 0 Å². The Morgan fingerprint density at radius 2 is 1.70 bits per heavy atom. The van der Waals surface area contributed by atoms with Crippen molar-refractivity contribution in [1.29, 1.82) is 0 Å². The molecule has 2 heterocycles. The molecule has 0 radical (unpaired) electrons. The number of tetrazole rings is 1. The van der Waals surface area contributed by atoms with Gasteiger partial charge in [-0.15, -0.1) is 5.10 Å². The highest BCUT2D eigenvalue weighted by Gasteiger charge is 2.34. The van der Waals surface area contributed by atoms with E-state index in [1.54, 1.807) is 4.90 Å². The number of rotatable bonds is 5. The molecule has 1 fully saturated rings. The molecule has 1 saturated heterocycles. The first kappa shape index (κ1) is 18.1. The van der Waals surface area contributed by atoms with Crippen molar-refractivity contribution in [3.63, 3.8) is 0 Å². The van der Waals surface area contributed by atoms with E-state index in [1.165, 1.54) is 16.0 Å². The predicted octanol–water partition coefficient (Wildman–Crippen LogP) is -0.123. The van der Waals surface area contributed by atoms with Crippen molar-refractivity contribution in [3.8, 4) is 0 Å². The van der Waals surface area contributed by atoms with Gasteiger partial charge in [0.15, 0.2) is 6.04 Å². The van der Waals surface area contributed by atoms with Gasteiger partial charge >= 0.3 is 0 Å². The molecule has 0 saturated carbocycles. The molecule has 1 atom stereocenters. The molecule has 7 heteroatoms.